The van der Waals surface area contributed by atoms with Crippen molar-refractivity contribution in [3.05, 3.63) is 41.1 Å². The third-order valence-corrected chi connectivity index (χ3v) is 2.20. The fourth-order valence-electron chi connectivity index (χ4n) is 1.28. The number of aliphatic carboxylic acids is 1. The van der Waals surface area contributed by atoms with Crippen molar-refractivity contribution in [3.8, 4) is 0 Å². The van der Waals surface area contributed by atoms with Gasteiger partial charge in [-0.3, -0.25) is 0 Å². The molecule has 4 nitrogen and oxygen atoms in total. The van der Waals surface area contributed by atoms with E-state index in [9.17, 15) is 9.59 Å². The van der Waals surface area contributed by atoms with Gasteiger partial charge in [-0.1, -0.05) is 29.8 Å². The van der Waals surface area contributed by atoms with E-state index in [1.54, 1.807) is 19.1 Å². The summed E-state index contributed by atoms with van der Waals surface area (Å²) in [5, 5.41) is 8.86. The molecular weight excluding hydrogens is 206 g/mol. The van der Waals surface area contributed by atoms with Crippen LogP contribution in [-0.2, 0) is 9.59 Å². The Bertz CT molecular complexity index is 475. The topological polar surface area (TPSA) is 66.7 Å². The van der Waals surface area contributed by atoms with Gasteiger partial charge in [-0.25, -0.2) is 9.59 Å². The molecule has 1 aromatic carbocycles. The van der Waals surface area contributed by atoms with Gasteiger partial charge in [0.25, 0.3) is 0 Å². The van der Waals surface area contributed by atoms with Gasteiger partial charge in [-0.05, 0) is 25.0 Å². The number of hydrogen-bond acceptors (Lipinski definition) is 3. The van der Waals surface area contributed by atoms with Crippen LogP contribution in [0.2, 0.25) is 0 Å². The number of carboxylic acid groups (broad SMARTS) is 1. The van der Waals surface area contributed by atoms with Gasteiger partial charge in [-0.2, -0.15) is 4.99 Å². The lowest BCUT2D eigenvalue weighted by molar-refractivity contribution is -0.132. The molecule has 0 spiro atoms. The second kappa shape index (κ2) is 5.05. The van der Waals surface area contributed by atoms with Crippen molar-refractivity contribution in [2.45, 2.75) is 13.8 Å². The molecule has 1 N–H and O–H groups in total. The SMILES string of the molecule is C/C(=C(/N=C=O)C(=O)O)c1ccc(C)cc1. The quantitative estimate of drug-likeness (QED) is 0.479. The van der Waals surface area contributed by atoms with Gasteiger partial charge < -0.3 is 5.11 Å². The molecule has 82 valence electrons. The maximum absolute atomic E-state index is 10.8. The van der Waals surface area contributed by atoms with Crippen molar-refractivity contribution in [2.24, 2.45) is 4.99 Å². The van der Waals surface area contributed by atoms with Crippen molar-refractivity contribution in [3.63, 3.8) is 0 Å². The molecule has 0 saturated heterocycles. The van der Waals surface area contributed by atoms with Crippen LogP contribution in [0.4, 0.5) is 0 Å². The van der Waals surface area contributed by atoms with E-state index in [0.717, 1.165) is 11.1 Å². The van der Waals surface area contributed by atoms with Crippen molar-refractivity contribution >= 4 is 17.6 Å². The average Bonchev–Trinajstić information content (AvgIpc) is 2.25. The summed E-state index contributed by atoms with van der Waals surface area (Å²) in [6.07, 6.45) is 1.25. The van der Waals surface area contributed by atoms with Crippen LogP contribution in [0.1, 0.15) is 18.1 Å². The highest BCUT2D eigenvalue weighted by atomic mass is 16.4. The first-order valence-electron chi connectivity index (χ1n) is 4.65. The normalized spacial score (nSPS) is 11.4. The third kappa shape index (κ3) is 2.65. The van der Waals surface area contributed by atoms with Crippen molar-refractivity contribution in [1.29, 1.82) is 0 Å². The Hall–Kier alpha value is -2.19. The van der Waals surface area contributed by atoms with E-state index in [2.05, 4.69) is 4.99 Å². The zero-order valence-corrected chi connectivity index (χ0v) is 9.02. The highest BCUT2D eigenvalue weighted by Gasteiger charge is 2.11. The first-order valence-corrected chi connectivity index (χ1v) is 4.65. The molecule has 0 unspecified atom stereocenters. The summed E-state index contributed by atoms with van der Waals surface area (Å²) < 4.78 is 0. The largest absolute Gasteiger partial charge is 0.476 e. The number of rotatable bonds is 3. The molecule has 1 aromatic rings. The predicted molar refractivity (Wildman–Crippen MR) is 59.5 cm³/mol. The van der Waals surface area contributed by atoms with E-state index in [-0.39, 0.29) is 5.70 Å². The zero-order valence-electron chi connectivity index (χ0n) is 9.02. The van der Waals surface area contributed by atoms with Gasteiger partial charge in [0, 0.05) is 0 Å². The summed E-state index contributed by atoms with van der Waals surface area (Å²) in [6.45, 7) is 3.54. The molecule has 1 rings (SSSR count). The highest BCUT2D eigenvalue weighted by molar-refractivity contribution is 5.96. The number of allylic oxidation sites excluding steroid dienone is 1. The smallest absolute Gasteiger partial charge is 0.355 e. The first kappa shape index (κ1) is 11.9. The fraction of sp³-hybridized carbons (Fsp3) is 0.167. The standard InChI is InChI=1S/C12H11NO3/c1-8-3-5-10(6-4-8)9(2)11(12(15)16)13-7-14/h3-6H,1-2H3,(H,15,16)/b11-9-. The first-order chi connectivity index (χ1) is 7.56. The molecule has 0 amide bonds. The van der Waals surface area contributed by atoms with Gasteiger partial charge >= 0.3 is 5.97 Å². The molecule has 16 heavy (non-hydrogen) atoms. The number of carboxylic acids is 1. The van der Waals surface area contributed by atoms with Crippen molar-refractivity contribution < 1.29 is 14.7 Å². The van der Waals surface area contributed by atoms with E-state index in [4.69, 9.17) is 5.11 Å². The molecule has 0 aromatic heterocycles. The molecule has 4 heteroatoms. The summed E-state index contributed by atoms with van der Waals surface area (Å²) in [4.78, 5) is 24.2. The molecule has 0 heterocycles. The molecule has 0 radical (unpaired) electrons. The Morgan fingerprint density at radius 3 is 2.31 bits per heavy atom. The average molecular weight is 217 g/mol. The van der Waals surface area contributed by atoms with Crippen molar-refractivity contribution in [1.82, 2.24) is 0 Å². The van der Waals surface area contributed by atoms with Crippen LogP contribution in [0.5, 0.6) is 0 Å². The summed E-state index contributed by atoms with van der Waals surface area (Å²) in [6, 6.07) is 7.30. The lowest BCUT2D eigenvalue weighted by Gasteiger charge is -2.03. The molecule has 0 atom stereocenters. The minimum Gasteiger partial charge on any atom is -0.476 e. The van der Waals surface area contributed by atoms with Crippen molar-refractivity contribution in [2.75, 3.05) is 0 Å². The Balaban J connectivity index is 3.29. The Morgan fingerprint density at radius 1 is 1.31 bits per heavy atom. The number of hydrogen-bond donors (Lipinski definition) is 1. The minimum atomic E-state index is -1.23. The highest BCUT2D eigenvalue weighted by Crippen LogP contribution is 2.19. The molecule has 0 aliphatic heterocycles. The van der Waals surface area contributed by atoms with Gasteiger partial charge in [0.1, 0.15) is 0 Å². The maximum atomic E-state index is 10.8. The van der Waals surface area contributed by atoms with Gasteiger partial charge in [0.15, 0.2) is 5.70 Å². The number of nitrogens with zero attached hydrogens (tertiary/aromatic N) is 1. The lowest BCUT2D eigenvalue weighted by atomic mass is 10.0. The van der Waals surface area contributed by atoms with Crippen LogP contribution in [-0.4, -0.2) is 17.2 Å². The number of aliphatic imine (C=N–C) groups is 1. The molecule has 0 fully saturated rings. The Kier molecular flexibility index (Phi) is 3.75. The number of aryl methyl sites for hydroxylation is 1. The van der Waals surface area contributed by atoms with Crippen LogP contribution in [0.3, 0.4) is 0 Å². The second-order valence-corrected chi connectivity index (χ2v) is 3.35. The monoisotopic (exact) mass is 217 g/mol. The van der Waals surface area contributed by atoms with E-state index in [1.807, 2.05) is 19.1 Å². The molecule has 0 aliphatic rings. The number of benzene rings is 1. The summed E-state index contributed by atoms with van der Waals surface area (Å²) in [5.41, 5.74) is 1.96. The van der Waals surface area contributed by atoms with Crippen LogP contribution in [0.15, 0.2) is 35.0 Å². The van der Waals surface area contributed by atoms with Crippen LogP contribution in [0.25, 0.3) is 5.57 Å². The third-order valence-electron chi connectivity index (χ3n) is 2.20. The fourth-order valence-corrected chi connectivity index (χ4v) is 1.28. The van der Waals surface area contributed by atoms with Gasteiger partial charge in [0.2, 0.25) is 6.08 Å². The van der Waals surface area contributed by atoms with E-state index in [1.165, 1.54) is 6.08 Å². The van der Waals surface area contributed by atoms with E-state index in [0.29, 0.717) is 5.57 Å². The van der Waals surface area contributed by atoms with Crippen LogP contribution >= 0.6 is 0 Å². The lowest BCUT2D eigenvalue weighted by Crippen LogP contribution is -2.00. The Morgan fingerprint density at radius 2 is 1.88 bits per heavy atom. The molecule has 0 aliphatic carbocycles. The second-order valence-electron chi connectivity index (χ2n) is 3.35. The summed E-state index contributed by atoms with van der Waals surface area (Å²) in [5.74, 6) is -1.23. The zero-order chi connectivity index (χ0) is 12.1. The van der Waals surface area contributed by atoms with E-state index >= 15 is 0 Å². The molecule has 0 bridgehead atoms. The minimum absolute atomic E-state index is 0.279. The van der Waals surface area contributed by atoms with Crippen LogP contribution in [0, 0.1) is 6.92 Å². The molecular formula is C12H11NO3. The van der Waals surface area contributed by atoms with E-state index < -0.39 is 5.97 Å². The number of carbonyl (C=O) groups excluding carboxylic acids is 1. The number of isocyanates is 1. The number of carbonyl (C=O) groups is 1. The summed E-state index contributed by atoms with van der Waals surface area (Å²) >= 11 is 0. The molecule has 0 saturated carbocycles. The summed E-state index contributed by atoms with van der Waals surface area (Å²) in [7, 11) is 0. The van der Waals surface area contributed by atoms with Crippen LogP contribution < -0.4 is 0 Å². The Labute approximate surface area is 92.9 Å². The predicted octanol–water partition coefficient (Wildman–Crippen LogP) is 2.15. The van der Waals surface area contributed by atoms with Gasteiger partial charge in [0.05, 0.1) is 0 Å². The van der Waals surface area contributed by atoms with Gasteiger partial charge in [-0.15, -0.1) is 0 Å². The maximum Gasteiger partial charge on any atom is 0.355 e.